The molecule has 8 aromatic rings. The lowest BCUT2D eigenvalue weighted by molar-refractivity contribution is -0.0592. The van der Waals surface area contributed by atoms with Crippen molar-refractivity contribution in [2.75, 3.05) is 13.2 Å². The zero-order valence-corrected chi connectivity index (χ0v) is 38.1. The van der Waals surface area contributed by atoms with Crippen LogP contribution in [0.25, 0.3) is 39.0 Å². The van der Waals surface area contributed by atoms with Gasteiger partial charge in [-0.2, -0.15) is 10.2 Å². The summed E-state index contributed by atoms with van der Waals surface area (Å²) in [5.41, 5.74) is 4.10. The molecule has 4 aliphatic rings. The highest BCUT2D eigenvalue weighted by Gasteiger charge is 2.59. The minimum atomic E-state index is -0.856. The first-order chi connectivity index (χ1) is 32.1. The van der Waals surface area contributed by atoms with Gasteiger partial charge in [0.1, 0.15) is 22.9 Å². The predicted octanol–water partition coefficient (Wildman–Crippen LogP) is 8.24. The molecule has 12 rings (SSSR count). The van der Waals surface area contributed by atoms with Crippen LogP contribution in [0, 0.1) is 31.4 Å². The number of carbonyl (C=O) groups is 1. The number of rotatable bonds is 8. The molecule has 3 fully saturated rings. The number of aromatic amines is 1. The Balaban J connectivity index is 0.994. The van der Waals surface area contributed by atoms with E-state index in [1.807, 2.05) is 22.2 Å². The van der Waals surface area contributed by atoms with Crippen molar-refractivity contribution in [3.05, 3.63) is 139 Å². The number of nitrogens with one attached hydrogen (secondary N) is 1. The number of amides is 1. The molecule has 67 heavy (non-hydrogen) atoms. The molecule has 17 heteroatoms. The van der Waals surface area contributed by atoms with Crippen LogP contribution in [0.5, 0.6) is 0 Å². The fourth-order valence-corrected chi connectivity index (χ4v) is 11.3. The van der Waals surface area contributed by atoms with Crippen LogP contribution < -0.4 is 11.4 Å². The lowest BCUT2D eigenvalue weighted by atomic mass is 9.83. The van der Waals surface area contributed by atoms with Crippen LogP contribution in [0.4, 0.5) is 8.78 Å². The molecule has 1 amide bonds. The first kappa shape index (κ1) is 41.5. The highest BCUT2D eigenvalue weighted by Crippen LogP contribution is 2.56. The summed E-state index contributed by atoms with van der Waals surface area (Å²) >= 11 is 0. The van der Waals surface area contributed by atoms with Crippen LogP contribution in [0.2, 0.25) is 0 Å². The number of fused-ring (bicyclic) bond motifs is 3. The standard InChI is InChI=1S/C50H50F2N10O5/c1-26-19-34(20-27(2)42(26)51)62-44(59-17-16-58(48(59)65)39-12-11-38-35(43(39)52)25-53-61(38)33-8-9-33)41-29(4)57(15-13-36(41)55-62)45(63)40-22-32-21-30(31-14-18-66-49(5,6)24-31)7-10-37(32)60(40)50(23-28(50)3)46-54-47(64)67-56-46/h7,10-12,16-17,19-22,25,28-29,31,33H,8-9,13-15,18,23-24H2,1-6H3,(H,54,56,64)/t28-,29-,31-,50-/m0/s1. The number of carbonyl (C=O) groups excluding carboxylic acids is 1. The highest BCUT2D eigenvalue weighted by molar-refractivity contribution is 6.00. The van der Waals surface area contributed by atoms with Crippen LogP contribution in [-0.4, -0.2) is 73.0 Å². The monoisotopic (exact) mass is 908 g/mol. The van der Waals surface area contributed by atoms with Crippen molar-refractivity contribution in [3.63, 3.8) is 0 Å². The van der Waals surface area contributed by atoms with Gasteiger partial charge in [0.15, 0.2) is 11.6 Å². The lowest BCUT2D eigenvalue weighted by Crippen LogP contribution is -2.41. The second-order valence-corrected chi connectivity index (χ2v) is 19.8. The summed E-state index contributed by atoms with van der Waals surface area (Å²) in [5.74, 6) is -0.863. The number of benzene rings is 3. The highest BCUT2D eigenvalue weighted by atomic mass is 19.1. The van der Waals surface area contributed by atoms with E-state index in [0.29, 0.717) is 82.3 Å². The second-order valence-electron chi connectivity index (χ2n) is 19.8. The van der Waals surface area contributed by atoms with Gasteiger partial charge in [-0.05, 0) is 138 Å². The summed E-state index contributed by atoms with van der Waals surface area (Å²) in [6.07, 6.45) is 9.28. The number of H-pyrrole nitrogens is 1. The van der Waals surface area contributed by atoms with Crippen molar-refractivity contribution in [2.24, 2.45) is 5.92 Å². The van der Waals surface area contributed by atoms with Gasteiger partial charge in [-0.3, -0.25) is 28.1 Å². The first-order valence-electron chi connectivity index (χ1n) is 23.2. The van der Waals surface area contributed by atoms with Gasteiger partial charge in [0.2, 0.25) is 0 Å². The predicted molar refractivity (Wildman–Crippen MR) is 245 cm³/mol. The molecule has 5 aromatic heterocycles. The molecule has 7 heterocycles. The van der Waals surface area contributed by atoms with E-state index in [4.69, 9.17) is 14.4 Å². The first-order valence-corrected chi connectivity index (χ1v) is 23.2. The SMILES string of the molecule is Cc1cc(-n2nc3c(c2-n2ccn(-c4ccc5c(cnn5C5CC5)c4F)c2=O)[C@H](C)N(C(=O)c2cc4cc([C@H]5CCOC(C)(C)C5)ccc4n2[C@@]2(c4noc(=O)[nH]4)C[C@@H]2C)CC3)cc(C)c1F. The van der Waals surface area contributed by atoms with Crippen LogP contribution in [0.3, 0.4) is 0 Å². The van der Waals surface area contributed by atoms with Gasteiger partial charge in [-0.25, -0.2) is 23.1 Å². The average Bonchev–Trinajstić information content (AvgIpc) is 3.82. The van der Waals surface area contributed by atoms with Gasteiger partial charge in [-0.15, -0.1) is 0 Å². The third-order valence-corrected chi connectivity index (χ3v) is 15.0. The molecule has 3 aromatic carbocycles. The summed E-state index contributed by atoms with van der Waals surface area (Å²) in [5, 5.41) is 14.9. The molecule has 0 spiro atoms. The number of halogens is 2. The van der Waals surface area contributed by atoms with Gasteiger partial charge >= 0.3 is 11.4 Å². The van der Waals surface area contributed by atoms with Gasteiger partial charge in [-0.1, -0.05) is 18.1 Å². The Labute approximate surface area is 382 Å². The third kappa shape index (κ3) is 6.29. The van der Waals surface area contributed by atoms with E-state index in [2.05, 4.69) is 54.2 Å². The Morgan fingerprint density at radius 2 is 1.66 bits per heavy atom. The number of aryl methyl sites for hydroxylation is 2. The summed E-state index contributed by atoms with van der Waals surface area (Å²) < 4.78 is 50.9. The Bertz CT molecular complexity index is 3470. The molecule has 0 unspecified atom stereocenters. The smallest absolute Gasteiger partial charge is 0.376 e. The summed E-state index contributed by atoms with van der Waals surface area (Å²) in [6, 6.07) is 14.7. The normalized spacial score (nSPS) is 22.5. The third-order valence-electron chi connectivity index (χ3n) is 15.0. The molecule has 0 radical (unpaired) electrons. The molecular formula is C50H50F2N10O5. The topological polar surface area (TPSA) is 156 Å². The fourth-order valence-electron chi connectivity index (χ4n) is 11.3. The number of aromatic nitrogens is 9. The maximum atomic E-state index is 16.4. The van der Waals surface area contributed by atoms with Gasteiger partial charge in [0.05, 0.1) is 51.9 Å². The minimum absolute atomic E-state index is 0.0000446. The average molecular weight is 909 g/mol. The molecule has 344 valence electrons. The van der Waals surface area contributed by atoms with Crippen LogP contribution >= 0.6 is 0 Å². The van der Waals surface area contributed by atoms with E-state index < -0.39 is 28.8 Å². The van der Waals surface area contributed by atoms with Crippen molar-refractivity contribution in [2.45, 2.75) is 109 Å². The van der Waals surface area contributed by atoms with Crippen LogP contribution in [-0.2, 0) is 16.7 Å². The van der Waals surface area contributed by atoms with Crippen LogP contribution in [0.1, 0.15) is 122 Å². The molecule has 2 aliphatic heterocycles. The molecule has 0 bridgehead atoms. The van der Waals surface area contributed by atoms with Crippen molar-refractivity contribution in [3.8, 4) is 17.2 Å². The number of imidazole rings is 1. The maximum Gasteiger partial charge on any atom is 0.438 e. The summed E-state index contributed by atoms with van der Waals surface area (Å²) in [4.78, 5) is 47.4. The minimum Gasteiger partial charge on any atom is -0.376 e. The van der Waals surface area contributed by atoms with E-state index in [0.717, 1.165) is 42.1 Å². The van der Waals surface area contributed by atoms with Crippen molar-refractivity contribution >= 4 is 27.7 Å². The molecule has 2 saturated carbocycles. The molecule has 1 saturated heterocycles. The van der Waals surface area contributed by atoms with Gasteiger partial charge in [0.25, 0.3) is 5.91 Å². The largest absolute Gasteiger partial charge is 0.438 e. The number of hydrogen-bond acceptors (Lipinski definition) is 8. The molecular weight excluding hydrogens is 859 g/mol. The maximum absolute atomic E-state index is 16.4. The van der Waals surface area contributed by atoms with E-state index in [9.17, 15) is 9.59 Å². The van der Waals surface area contributed by atoms with E-state index >= 15 is 13.6 Å². The summed E-state index contributed by atoms with van der Waals surface area (Å²) in [6.45, 7) is 12.5. The van der Waals surface area contributed by atoms with Crippen molar-refractivity contribution < 1.29 is 22.8 Å². The second kappa shape index (κ2) is 14.6. The van der Waals surface area contributed by atoms with E-state index in [1.54, 1.807) is 53.9 Å². The van der Waals surface area contributed by atoms with Crippen molar-refractivity contribution in [1.82, 2.24) is 48.3 Å². The zero-order valence-electron chi connectivity index (χ0n) is 38.1. The van der Waals surface area contributed by atoms with Gasteiger partial charge < -0.3 is 14.2 Å². The van der Waals surface area contributed by atoms with Gasteiger partial charge in [0, 0.05) is 48.4 Å². The van der Waals surface area contributed by atoms with Crippen molar-refractivity contribution in [1.29, 1.82) is 0 Å². The van der Waals surface area contributed by atoms with E-state index in [-0.39, 0.29) is 40.9 Å². The van der Waals surface area contributed by atoms with E-state index in [1.165, 1.54) is 21.5 Å². The molecule has 4 atom stereocenters. The molecule has 15 nitrogen and oxygen atoms in total. The Kier molecular flexibility index (Phi) is 9.03. The number of nitrogens with zero attached hydrogens (tertiary/aromatic N) is 9. The zero-order chi connectivity index (χ0) is 46.4. The lowest BCUT2D eigenvalue weighted by Gasteiger charge is -2.35. The van der Waals surface area contributed by atoms with Crippen LogP contribution in [0.15, 0.2) is 81.2 Å². The molecule has 2 aliphatic carbocycles. The summed E-state index contributed by atoms with van der Waals surface area (Å²) in [7, 11) is 0. The molecule has 1 N–H and O–H groups in total. The Morgan fingerprint density at radius 3 is 2.36 bits per heavy atom. The number of ether oxygens (including phenoxy) is 1. The Morgan fingerprint density at radius 1 is 0.910 bits per heavy atom. The Hall–Kier alpha value is -6.88. The number of hydrogen-bond donors (Lipinski definition) is 1. The fraction of sp³-hybridized carbons (Fsp3) is 0.400. The quantitative estimate of drug-likeness (QED) is 0.160.